The Morgan fingerprint density at radius 1 is 1.36 bits per heavy atom. The van der Waals surface area contributed by atoms with Crippen molar-refractivity contribution < 1.29 is 0 Å². The van der Waals surface area contributed by atoms with Crippen LogP contribution in [-0.2, 0) is 0 Å². The van der Waals surface area contributed by atoms with E-state index in [4.69, 9.17) is 5.73 Å². The lowest BCUT2D eigenvalue weighted by atomic mass is 10.6. The minimum absolute atomic E-state index is 0.552. The Morgan fingerprint density at radius 3 is 2.45 bits per heavy atom. The van der Waals surface area contributed by atoms with E-state index in [1.165, 1.54) is 25.7 Å². The Hall–Kier alpha value is -0.730. The van der Waals surface area contributed by atoms with E-state index in [-0.39, 0.29) is 0 Å². The molecule has 2 N–H and O–H groups in total. The molecule has 0 heterocycles. The van der Waals surface area contributed by atoms with Crippen LogP contribution in [0.15, 0.2) is 4.99 Å². The molecule has 2 aliphatic rings. The number of nitrogens with two attached hydrogens (primary N) is 1. The molecule has 3 heteroatoms. The van der Waals surface area contributed by atoms with E-state index in [1.807, 2.05) is 7.05 Å². The topological polar surface area (TPSA) is 41.6 Å². The van der Waals surface area contributed by atoms with E-state index in [2.05, 4.69) is 9.89 Å². The molecular formula is C8H15N3. The van der Waals surface area contributed by atoms with E-state index in [1.54, 1.807) is 0 Å². The van der Waals surface area contributed by atoms with Crippen molar-refractivity contribution in [3.63, 3.8) is 0 Å². The summed E-state index contributed by atoms with van der Waals surface area (Å²) in [5.41, 5.74) is 5.78. The first kappa shape index (κ1) is 6.95. The third-order valence-corrected chi connectivity index (χ3v) is 2.32. The monoisotopic (exact) mass is 153 g/mol. The van der Waals surface area contributed by atoms with E-state index in [9.17, 15) is 0 Å². The number of hydrogen-bond donors (Lipinski definition) is 1. The van der Waals surface area contributed by atoms with Crippen molar-refractivity contribution in [1.29, 1.82) is 0 Å². The van der Waals surface area contributed by atoms with Crippen LogP contribution in [0.25, 0.3) is 0 Å². The van der Waals surface area contributed by atoms with Gasteiger partial charge in [0.15, 0.2) is 5.96 Å². The van der Waals surface area contributed by atoms with Crippen molar-refractivity contribution in [2.45, 2.75) is 37.8 Å². The molecule has 0 spiro atoms. The fourth-order valence-corrected chi connectivity index (χ4v) is 1.13. The number of nitrogens with zero attached hydrogens (tertiary/aromatic N) is 2. The Bertz CT molecular complexity index is 180. The maximum absolute atomic E-state index is 5.78. The molecule has 11 heavy (non-hydrogen) atoms. The predicted octanol–water partition coefficient (Wildman–Crippen LogP) is 0.558. The summed E-state index contributed by atoms with van der Waals surface area (Å²) < 4.78 is 0. The van der Waals surface area contributed by atoms with Crippen LogP contribution in [-0.4, -0.2) is 30.0 Å². The average Bonchev–Trinajstić information content (AvgIpc) is 2.81. The van der Waals surface area contributed by atoms with Crippen molar-refractivity contribution >= 4 is 5.96 Å². The lowest BCUT2D eigenvalue weighted by molar-refractivity contribution is 0.487. The van der Waals surface area contributed by atoms with Crippen molar-refractivity contribution in [3.05, 3.63) is 0 Å². The fourth-order valence-electron chi connectivity index (χ4n) is 1.13. The van der Waals surface area contributed by atoms with Crippen LogP contribution in [0.2, 0.25) is 0 Å². The molecular weight excluding hydrogens is 138 g/mol. The molecule has 0 aliphatic heterocycles. The van der Waals surface area contributed by atoms with Crippen molar-refractivity contribution in [1.82, 2.24) is 4.90 Å². The molecule has 2 rings (SSSR count). The summed E-state index contributed by atoms with van der Waals surface area (Å²) in [6.45, 7) is 0. The Morgan fingerprint density at radius 2 is 2.00 bits per heavy atom. The van der Waals surface area contributed by atoms with E-state index >= 15 is 0 Å². The molecule has 0 amide bonds. The summed E-state index contributed by atoms with van der Waals surface area (Å²) in [6, 6.07) is 1.24. The lowest BCUT2D eigenvalue weighted by Crippen LogP contribution is -2.35. The number of rotatable bonds is 2. The van der Waals surface area contributed by atoms with Crippen LogP contribution in [0, 0.1) is 0 Å². The molecule has 62 valence electrons. The standard InChI is InChI=1S/C8H15N3/c1-11(7-4-5-7)8(9)10-6-2-3-6/h6-7H,2-5H2,1H3,(H2,9,10). The Balaban J connectivity index is 1.89. The van der Waals surface area contributed by atoms with Crippen molar-refractivity contribution in [2.75, 3.05) is 7.05 Å². The van der Waals surface area contributed by atoms with Gasteiger partial charge in [0.05, 0.1) is 6.04 Å². The fraction of sp³-hybridized carbons (Fsp3) is 0.875. The molecule has 3 nitrogen and oxygen atoms in total. The molecule has 2 aliphatic carbocycles. The van der Waals surface area contributed by atoms with Crippen LogP contribution in [0.3, 0.4) is 0 Å². The van der Waals surface area contributed by atoms with Crippen LogP contribution >= 0.6 is 0 Å². The quantitative estimate of drug-likeness (QED) is 0.465. The largest absolute Gasteiger partial charge is 0.370 e. The highest BCUT2D eigenvalue weighted by atomic mass is 15.3. The molecule has 0 unspecified atom stereocenters. The number of hydrogen-bond acceptors (Lipinski definition) is 1. The third kappa shape index (κ3) is 1.64. The molecule has 0 bridgehead atoms. The van der Waals surface area contributed by atoms with Gasteiger partial charge in [0.1, 0.15) is 0 Å². The van der Waals surface area contributed by atoms with Gasteiger partial charge in [0, 0.05) is 13.1 Å². The highest BCUT2D eigenvalue weighted by Crippen LogP contribution is 2.27. The van der Waals surface area contributed by atoms with Crippen LogP contribution in [0.4, 0.5) is 0 Å². The summed E-state index contributed by atoms with van der Waals surface area (Å²) in [5, 5.41) is 0. The van der Waals surface area contributed by atoms with Gasteiger partial charge in [-0.05, 0) is 25.7 Å². The SMILES string of the molecule is CN(C(N)=NC1CC1)C1CC1. The lowest BCUT2D eigenvalue weighted by Gasteiger charge is -2.16. The van der Waals surface area contributed by atoms with Crippen LogP contribution in [0.5, 0.6) is 0 Å². The zero-order valence-corrected chi connectivity index (χ0v) is 6.95. The highest BCUT2D eigenvalue weighted by Gasteiger charge is 2.29. The molecule has 2 saturated carbocycles. The zero-order chi connectivity index (χ0) is 7.84. The molecule has 0 radical (unpaired) electrons. The summed E-state index contributed by atoms with van der Waals surface area (Å²) >= 11 is 0. The van der Waals surface area contributed by atoms with Gasteiger partial charge in [-0.3, -0.25) is 0 Å². The minimum atomic E-state index is 0.552. The second kappa shape index (κ2) is 2.40. The number of guanidine groups is 1. The van der Waals surface area contributed by atoms with Gasteiger partial charge >= 0.3 is 0 Å². The van der Waals surface area contributed by atoms with Gasteiger partial charge in [0.25, 0.3) is 0 Å². The maximum Gasteiger partial charge on any atom is 0.191 e. The number of aliphatic imine (C=N–C) groups is 1. The van der Waals surface area contributed by atoms with Gasteiger partial charge in [-0.15, -0.1) is 0 Å². The van der Waals surface area contributed by atoms with E-state index < -0.39 is 0 Å². The first-order valence-electron chi connectivity index (χ1n) is 4.33. The van der Waals surface area contributed by atoms with Gasteiger partial charge in [-0.25, -0.2) is 4.99 Å². The predicted molar refractivity (Wildman–Crippen MR) is 45.4 cm³/mol. The first-order chi connectivity index (χ1) is 5.27. The van der Waals surface area contributed by atoms with Crippen molar-refractivity contribution in [2.24, 2.45) is 10.7 Å². The summed E-state index contributed by atoms with van der Waals surface area (Å²) in [7, 11) is 2.04. The molecule has 0 atom stereocenters. The van der Waals surface area contributed by atoms with Crippen molar-refractivity contribution in [3.8, 4) is 0 Å². The molecule has 2 fully saturated rings. The van der Waals surface area contributed by atoms with E-state index in [0.29, 0.717) is 12.1 Å². The van der Waals surface area contributed by atoms with Gasteiger partial charge < -0.3 is 10.6 Å². The first-order valence-corrected chi connectivity index (χ1v) is 4.33. The average molecular weight is 153 g/mol. The maximum atomic E-state index is 5.78. The van der Waals surface area contributed by atoms with E-state index in [0.717, 1.165) is 5.96 Å². The normalized spacial score (nSPS) is 25.4. The molecule has 0 aromatic rings. The minimum Gasteiger partial charge on any atom is -0.370 e. The smallest absolute Gasteiger partial charge is 0.191 e. The second-order valence-corrected chi connectivity index (χ2v) is 3.56. The second-order valence-electron chi connectivity index (χ2n) is 3.56. The molecule has 0 saturated heterocycles. The Kier molecular flexibility index (Phi) is 1.51. The Labute approximate surface area is 67.3 Å². The van der Waals surface area contributed by atoms with Gasteiger partial charge in [-0.2, -0.15) is 0 Å². The van der Waals surface area contributed by atoms with Crippen LogP contribution in [0.1, 0.15) is 25.7 Å². The van der Waals surface area contributed by atoms with Gasteiger partial charge in [0.2, 0.25) is 0 Å². The third-order valence-electron chi connectivity index (χ3n) is 2.32. The molecule has 0 aromatic carbocycles. The highest BCUT2D eigenvalue weighted by molar-refractivity contribution is 5.78. The van der Waals surface area contributed by atoms with Crippen LogP contribution < -0.4 is 5.73 Å². The summed E-state index contributed by atoms with van der Waals surface area (Å²) in [5.74, 6) is 0.745. The summed E-state index contributed by atoms with van der Waals surface area (Å²) in [4.78, 5) is 6.48. The summed E-state index contributed by atoms with van der Waals surface area (Å²) in [6.07, 6.45) is 5.05. The zero-order valence-electron chi connectivity index (χ0n) is 6.95. The molecule has 0 aromatic heterocycles. The van der Waals surface area contributed by atoms with Gasteiger partial charge in [-0.1, -0.05) is 0 Å².